The molecule has 1 rings (SSSR count). The van der Waals surface area contributed by atoms with E-state index in [4.69, 9.17) is 9.47 Å². The maximum atomic E-state index is 13.2. The van der Waals surface area contributed by atoms with Crippen molar-refractivity contribution in [3.8, 4) is 0 Å². The van der Waals surface area contributed by atoms with Crippen molar-refractivity contribution in [2.24, 2.45) is 0 Å². The molecule has 7 atom stereocenters. The van der Waals surface area contributed by atoms with E-state index in [1.54, 1.807) is 6.08 Å². The van der Waals surface area contributed by atoms with Crippen LogP contribution in [0.1, 0.15) is 406 Å². The van der Waals surface area contributed by atoms with Gasteiger partial charge in [0.1, 0.15) is 24.4 Å². The Bertz CT molecular complexity index is 1490. The minimum atomic E-state index is -1.58. The maximum absolute atomic E-state index is 13.2. The van der Waals surface area contributed by atoms with Crippen molar-refractivity contribution in [2.45, 2.75) is 448 Å². The third-order valence-corrected chi connectivity index (χ3v) is 18.9. The number of carbonyl (C=O) groups is 1. The first kappa shape index (κ1) is 84.4. The predicted octanol–water partition coefficient (Wildman–Crippen LogP) is 22.2. The van der Waals surface area contributed by atoms with Gasteiger partial charge in [-0.25, -0.2) is 0 Å². The van der Waals surface area contributed by atoms with Gasteiger partial charge in [0, 0.05) is 6.42 Å². The fraction of sp³-hybridized carbons (Fsp3) is 0.911. The van der Waals surface area contributed by atoms with Gasteiger partial charge < -0.3 is 40.3 Å². The molecule has 0 spiro atoms. The highest BCUT2D eigenvalue weighted by Crippen LogP contribution is 2.24. The number of unbranched alkanes of at least 4 members (excludes halogenated alkanes) is 56. The lowest BCUT2D eigenvalue weighted by atomic mass is 9.99. The smallest absolute Gasteiger partial charge is 0.220 e. The number of aliphatic hydroxyl groups excluding tert-OH is 5. The number of hydrogen-bond donors (Lipinski definition) is 6. The monoisotopic (exact) mass is 1240 g/mol. The number of nitrogens with one attached hydrogen (secondary N) is 1. The highest BCUT2D eigenvalue weighted by molar-refractivity contribution is 5.76. The highest BCUT2D eigenvalue weighted by Gasteiger charge is 2.44. The predicted molar refractivity (Wildman–Crippen MR) is 378 cm³/mol. The lowest BCUT2D eigenvalue weighted by Crippen LogP contribution is -2.60. The third-order valence-electron chi connectivity index (χ3n) is 18.9. The molecule has 0 aromatic heterocycles. The van der Waals surface area contributed by atoms with Gasteiger partial charge in [0.25, 0.3) is 0 Å². The van der Waals surface area contributed by atoms with Gasteiger partial charge in [-0.3, -0.25) is 4.79 Å². The second kappa shape index (κ2) is 68.3. The summed E-state index contributed by atoms with van der Waals surface area (Å²) in [7, 11) is 0. The Hall–Kier alpha value is -1.59. The molecule has 520 valence electrons. The van der Waals surface area contributed by atoms with Crippen molar-refractivity contribution < 1.29 is 39.8 Å². The third kappa shape index (κ3) is 56.0. The number of allylic oxidation sites excluding steroid dienone is 5. The molecule has 0 aromatic rings. The molecule has 0 aromatic carbocycles. The average molecular weight is 1240 g/mol. The Kier molecular flexibility index (Phi) is 65.5. The van der Waals surface area contributed by atoms with E-state index >= 15 is 0 Å². The lowest BCUT2D eigenvalue weighted by molar-refractivity contribution is -0.302. The van der Waals surface area contributed by atoms with Gasteiger partial charge in [0.15, 0.2) is 6.29 Å². The lowest BCUT2D eigenvalue weighted by Gasteiger charge is -2.40. The zero-order valence-electron chi connectivity index (χ0n) is 58.5. The Morgan fingerprint density at radius 2 is 0.648 bits per heavy atom. The summed E-state index contributed by atoms with van der Waals surface area (Å²) in [5, 5.41) is 54.8. The molecule has 0 radical (unpaired) electrons. The zero-order valence-corrected chi connectivity index (χ0v) is 58.5. The molecule has 0 bridgehead atoms. The molecule has 1 amide bonds. The molecule has 1 aliphatic heterocycles. The number of ether oxygens (including phenoxy) is 2. The van der Waals surface area contributed by atoms with E-state index in [1.165, 1.54) is 340 Å². The SMILES string of the molecule is CCCCCCCCCCCCCCCCCCCC/C=C/CC/C=C/CC/C=C/C(O)C(COC1OC(CO)C(O)C(O)C1O)NC(=O)CCCCCCCCCCCCCCCCCCCCCCCCCCCCCCCCCCCCCCC. The zero-order chi connectivity index (χ0) is 63.5. The summed E-state index contributed by atoms with van der Waals surface area (Å²) in [6.07, 6.45) is 85.9. The summed E-state index contributed by atoms with van der Waals surface area (Å²) in [5.74, 6) is -0.182. The first-order valence-corrected chi connectivity index (χ1v) is 39.2. The average Bonchev–Trinajstić information content (AvgIpc) is 3.29. The summed E-state index contributed by atoms with van der Waals surface area (Å²) in [6, 6.07) is -0.829. The summed E-state index contributed by atoms with van der Waals surface area (Å²) in [4.78, 5) is 13.2. The molecule has 88 heavy (non-hydrogen) atoms. The summed E-state index contributed by atoms with van der Waals surface area (Å²) in [6.45, 7) is 3.82. The number of rotatable bonds is 70. The fourth-order valence-corrected chi connectivity index (χ4v) is 12.8. The van der Waals surface area contributed by atoms with Crippen LogP contribution in [-0.4, -0.2) is 87.5 Å². The van der Waals surface area contributed by atoms with E-state index in [9.17, 15) is 30.3 Å². The molecular weight excluding hydrogens is 1090 g/mol. The van der Waals surface area contributed by atoms with Crippen molar-refractivity contribution in [2.75, 3.05) is 13.2 Å². The first-order valence-electron chi connectivity index (χ1n) is 39.2. The molecule has 6 N–H and O–H groups in total. The summed E-state index contributed by atoms with van der Waals surface area (Å²) < 4.78 is 11.3. The van der Waals surface area contributed by atoms with Gasteiger partial charge in [-0.15, -0.1) is 0 Å². The van der Waals surface area contributed by atoms with E-state index in [0.29, 0.717) is 6.42 Å². The molecule has 1 heterocycles. The maximum Gasteiger partial charge on any atom is 0.220 e. The molecule has 1 fully saturated rings. The molecular formula is C79H151NO8. The Labute approximate surface area is 546 Å². The fourth-order valence-electron chi connectivity index (χ4n) is 12.8. The summed E-state index contributed by atoms with van der Waals surface area (Å²) in [5.41, 5.74) is 0. The van der Waals surface area contributed by atoms with Crippen molar-refractivity contribution in [3.63, 3.8) is 0 Å². The largest absolute Gasteiger partial charge is 0.394 e. The first-order chi connectivity index (χ1) is 43.3. The van der Waals surface area contributed by atoms with Crippen molar-refractivity contribution >= 4 is 5.91 Å². The van der Waals surface area contributed by atoms with Crippen LogP contribution in [0.15, 0.2) is 36.5 Å². The Morgan fingerprint density at radius 3 is 0.955 bits per heavy atom. The summed E-state index contributed by atoms with van der Waals surface area (Å²) >= 11 is 0. The number of amides is 1. The normalized spacial score (nSPS) is 18.0. The van der Waals surface area contributed by atoms with E-state index in [1.807, 2.05) is 6.08 Å². The number of aliphatic hydroxyl groups is 5. The number of carbonyl (C=O) groups excluding carboxylic acids is 1. The van der Waals surface area contributed by atoms with Crippen LogP contribution in [0.2, 0.25) is 0 Å². The molecule has 9 heteroatoms. The van der Waals surface area contributed by atoms with Crippen LogP contribution in [0.25, 0.3) is 0 Å². The number of hydrogen-bond acceptors (Lipinski definition) is 8. The minimum absolute atomic E-state index is 0.182. The van der Waals surface area contributed by atoms with Crippen LogP contribution in [0, 0.1) is 0 Å². The Morgan fingerprint density at radius 1 is 0.375 bits per heavy atom. The van der Waals surface area contributed by atoms with Crippen LogP contribution in [0.3, 0.4) is 0 Å². The topological polar surface area (TPSA) is 149 Å². The van der Waals surface area contributed by atoms with Gasteiger partial charge in [-0.05, 0) is 44.9 Å². The van der Waals surface area contributed by atoms with E-state index < -0.39 is 49.5 Å². The molecule has 1 saturated heterocycles. The second-order valence-electron chi connectivity index (χ2n) is 27.5. The van der Waals surface area contributed by atoms with Crippen LogP contribution in [0.5, 0.6) is 0 Å². The molecule has 0 aliphatic carbocycles. The minimum Gasteiger partial charge on any atom is -0.394 e. The Balaban J connectivity index is 2.08. The molecule has 0 saturated carbocycles. The molecule has 7 unspecified atom stereocenters. The van der Waals surface area contributed by atoms with E-state index in [0.717, 1.165) is 44.9 Å². The van der Waals surface area contributed by atoms with Crippen molar-refractivity contribution in [3.05, 3.63) is 36.5 Å². The quantitative estimate of drug-likeness (QED) is 0.0261. The van der Waals surface area contributed by atoms with E-state index in [2.05, 4.69) is 43.5 Å². The van der Waals surface area contributed by atoms with E-state index in [-0.39, 0.29) is 12.5 Å². The van der Waals surface area contributed by atoms with Crippen molar-refractivity contribution in [1.29, 1.82) is 0 Å². The standard InChI is InChI=1S/C79H151NO8/c1-3-5-7-9-11-13-15-17-19-21-23-25-27-29-31-33-34-35-36-37-38-39-40-41-43-45-47-49-51-53-55-57-59-61-63-65-67-69-75(83)80-72(71-87-79-78(86)77(85)76(84)74(70-81)88-79)73(82)68-66-64-62-60-58-56-54-52-50-48-46-44-42-32-30-28-26-24-22-20-18-16-14-12-10-8-6-4-2/h50,52,58,60,66,68,72-74,76-79,81-82,84-86H,3-49,51,53-57,59,61-65,67,69-71H2,1-2H3,(H,80,83)/b52-50+,60-58+,68-66+. The van der Waals surface area contributed by atoms with Gasteiger partial charge in [0.05, 0.1) is 25.4 Å². The van der Waals surface area contributed by atoms with Gasteiger partial charge >= 0.3 is 0 Å². The highest BCUT2D eigenvalue weighted by atomic mass is 16.7. The molecule has 9 nitrogen and oxygen atoms in total. The molecule has 1 aliphatic rings. The van der Waals surface area contributed by atoms with Crippen LogP contribution < -0.4 is 5.32 Å². The van der Waals surface area contributed by atoms with Gasteiger partial charge in [0.2, 0.25) is 5.91 Å². The van der Waals surface area contributed by atoms with Crippen LogP contribution in [-0.2, 0) is 14.3 Å². The van der Waals surface area contributed by atoms with Crippen LogP contribution in [0.4, 0.5) is 0 Å². The van der Waals surface area contributed by atoms with Crippen molar-refractivity contribution in [1.82, 2.24) is 5.32 Å². The second-order valence-corrected chi connectivity index (χ2v) is 27.5. The van der Waals surface area contributed by atoms with Gasteiger partial charge in [-0.2, -0.15) is 0 Å². The van der Waals surface area contributed by atoms with Gasteiger partial charge in [-0.1, -0.05) is 391 Å². The van der Waals surface area contributed by atoms with Crippen LogP contribution >= 0.6 is 0 Å².